The van der Waals surface area contributed by atoms with Crippen LogP contribution in [0.1, 0.15) is 109 Å². The summed E-state index contributed by atoms with van der Waals surface area (Å²) in [7, 11) is 0. The van der Waals surface area contributed by atoms with Crippen LogP contribution in [0.3, 0.4) is 0 Å². The Balaban J connectivity index is 1.29. The molecule has 5 heteroatoms. The minimum atomic E-state index is 0.107. The molecule has 7 rings (SSSR count). The fourth-order valence-electron chi connectivity index (χ4n) is 11.4. The van der Waals surface area contributed by atoms with Crippen molar-refractivity contribution >= 4 is 39.7 Å². The number of aromatic nitrogens is 1. The first-order valence-corrected chi connectivity index (χ1v) is 30.1. The highest BCUT2D eigenvalue weighted by molar-refractivity contribution is 5.90. The van der Waals surface area contributed by atoms with Gasteiger partial charge in [0.05, 0.1) is 6.04 Å². The fourth-order valence-corrected chi connectivity index (χ4v) is 11.4. The third-order valence-corrected chi connectivity index (χ3v) is 16.1. The van der Waals surface area contributed by atoms with Crippen molar-refractivity contribution in [1.29, 1.82) is 0 Å². The lowest BCUT2D eigenvalue weighted by Crippen LogP contribution is -2.36. The van der Waals surface area contributed by atoms with Crippen LogP contribution in [0.25, 0.3) is 28.1 Å². The summed E-state index contributed by atoms with van der Waals surface area (Å²) >= 11 is 0. The molecule has 0 saturated heterocycles. The average Bonchev–Trinajstić information content (AvgIpc) is 2.19. The first-order chi connectivity index (χ1) is 40.9. The Labute approximate surface area is 505 Å². The highest BCUT2D eigenvalue weighted by atomic mass is 15.2. The number of nitrogens with one attached hydrogen (secondary N) is 1. The summed E-state index contributed by atoms with van der Waals surface area (Å²) in [5, 5.41) is 4.82. The Morgan fingerprint density at radius 1 is 0.810 bits per heavy atom. The summed E-state index contributed by atoms with van der Waals surface area (Å²) in [5.74, 6) is 0.309. The lowest BCUT2D eigenvalue weighted by Gasteiger charge is -2.36. The molecule has 1 aliphatic carbocycles. The van der Waals surface area contributed by atoms with E-state index in [1.54, 1.807) is 0 Å². The van der Waals surface area contributed by atoms with E-state index < -0.39 is 0 Å². The van der Waals surface area contributed by atoms with Crippen molar-refractivity contribution in [1.82, 2.24) is 9.88 Å². The molecule has 1 aliphatic heterocycles. The van der Waals surface area contributed by atoms with Crippen molar-refractivity contribution in [2.75, 3.05) is 21.2 Å². The van der Waals surface area contributed by atoms with E-state index in [2.05, 4.69) is 275 Å². The number of allylic oxidation sites excluding steroid dienone is 21. The number of nitrogens with zero attached hydrogens (tertiary/aromatic N) is 4. The van der Waals surface area contributed by atoms with E-state index in [0.717, 1.165) is 120 Å². The Hall–Kier alpha value is -8.80. The zero-order chi connectivity index (χ0) is 60.0. The molecule has 0 bridgehead atoms. The van der Waals surface area contributed by atoms with Crippen LogP contribution in [0.15, 0.2) is 292 Å². The number of hydrogen-bond acceptors (Lipinski definition) is 4. The summed E-state index contributed by atoms with van der Waals surface area (Å²) in [6, 6.07) is 34.4. The van der Waals surface area contributed by atoms with Gasteiger partial charge in [-0.25, -0.2) is 0 Å². The van der Waals surface area contributed by atoms with Crippen molar-refractivity contribution < 1.29 is 0 Å². The topological polar surface area (TPSA) is 26.7 Å². The zero-order valence-electron chi connectivity index (χ0n) is 51.2. The minimum Gasteiger partial charge on any atom is -0.391 e. The molecule has 2 heterocycles. The van der Waals surface area contributed by atoms with E-state index in [1.807, 2.05) is 50.3 Å². The van der Waals surface area contributed by atoms with E-state index in [9.17, 15) is 0 Å². The maximum Gasteiger partial charge on any atom is 0.0564 e. The van der Waals surface area contributed by atoms with Crippen LogP contribution < -0.4 is 20.0 Å². The number of fused-ring (bicyclic) bond motifs is 3. The normalized spacial score (nSPS) is 16.1. The second kappa shape index (κ2) is 31.6. The van der Waals surface area contributed by atoms with Gasteiger partial charge < -0.3 is 24.6 Å². The first-order valence-electron chi connectivity index (χ1n) is 30.1. The average molecular weight is 1110 g/mol. The van der Waals surface area contributed by atoms with E-state index in [-0.39, 0.29) is 6.04 Å². The molecule has 0 amide bonds. The van der Waals surface area contributed by atoms with Crippen molar-refractivity contribution in [3.05, 3.63) is 309 Å². The molecule has 1 N–H and O–H groups in total. The van der Waals surface area contributed by atoms with Crippen molar-refractivity contribution in [3.63, 3.8) is 0 Å². The van der Waals surface area contributed by atoms with Crippen LogP contribution in [-0.2, 0) is 12.8 Å². The van der Waals surface area contributed by atoms with Crippen LogP contribution >= 0.6 is 0 Å². The smallest absolute Gasteiger partial charge is 0.0564 e. The fraction of sp³-hybridized carbons (Fsp3) is 0.241. The van der Waals surface area contributed by atoms with Gasteiger partial charge in [-0.15, -0.1) is 6.58 Å². The molecule has 1 aromatic heterocycles. The zero-order valence-corrected chi connectivity index (χ0v) is 51.2. The van der Waals surface area contributed by atoms with Gasteiger partial charge in [0.15, 0.2) is 0 Å². The van der Waals surface area contributed by atoms with Crippen LogP contribution in [0.5, 0.6) is 0 Å². The number of aryl methyl sites for hydroxylation is 1. The van der Waals surface area contributed by atoms with Gasteiger partial charge in [0.2, 0.25) is 0 Å². The second-order valence-electron chi connectivity index (χ2n) is 21.8. The molecule has 5 nitrogen and oxygen atoms in total. The lowest BCUT2D eigenvalue weighted by molar-refractivity contribution is 0.485. The van der Waals surface area contributed by atoms with Crippen LogP contribution in [0.2, 0.25) is 0 Å². The van der Waals surface area contributed by atoms with Gasteiger partial charge in [0, 0.05) is 81.1 Å². The third-order valence-electron chi connectivity index (χ3n) is 16.1. The molecule has 0 spiro atoms. The van der Waals surface area contributed by atoms with Gasteiger partial charge in [-0.2, -0.15) is 0 Å². The summed E-state index contributed by atoms with van der Waals surface area (Å²) in [5.41, 5.74) is 18.8. The van der Waals surface area contributed by atoms with E-state index in [4.69, 9.17) is 0 Å². The van der Waals surface area contributed by atoms with Crippen LogP contribution in [0.4, 0.5) is 22.7 Å². The van der Waals surface area contributed by atoms with Crippen molar-refractivity contribution in [2.24, 2.45) is 5.92 Å². The molecule has 0 saturated carbocycles. The Morgan fingerprint density at radius 2 is 1.54 bits per heavy atom. The van der Waals surface area contributed by atoms with Gasteiger partial charge in [-0.05, 0) is 204 Å². The van der Waals surface area contributed by atoms with Crippen molar-refractivity contribution in [2.45, 2.75) is 111 Å². The standard InChI is InChI=1S/C79H91N5/c1-14-21-25-27-34-64(13)81(63(12)31-18-5)77-51-49-73(57-67(77)35-26-22-15-2)83(69(20-7)56-62(11)60(9)33-24-17-4)72-47-42-66(43-48-72)65-40-45-71(46-41-65)82(68(19-6)44-39-61(10)59(8)32-23-16-3)74-50-52-79-76(58-74)75-37-28-29-38-78(75)84(79)70-36-30-54-80-55-53-70/h14-24,27-30,32-34,37-38,40-43,45-52,54,56-57,61,70,74,80H,3,5,7-8,11-13,25-26,31,35-36,39,44,53,55,58H2,1-2,4,6,9-10H3/b21-14-,22-15-,24-17-,32-23-,34-27-,60-33+,68-19+,69-56+. The molecule has 3 atom stereocenters. The van der Waals surface area contributed by atoms with E-state index >= 15 is 0 Å². The quantitative estimate of drug-likeness (QED) is 0.0381. The van der Waals surface area contributed by atoms with Gasteiger partial charge in [0.25, 0.3) is 0 Å². The SMILES string of the molecule is C=C/C=C\C(=C)C(C)CC/C(=C\C)N(c1ccc(-c2ccc(N(/C(C=C)=C/C(=C)/C(C)=C/C=C\C)c3ccc(N(C(=C)/C=C\C/C=C\C)C(=C)CC=C)c(CC/C=C\C)c3)cc2)cc1)C1C=Cc2c(c3ccccc3n2C2CC=CNCC2)C1. The van der Waals surface area contributed by atoms with Crippen LogP contribution in [0, 0.1) is 5.92 Å². The number of hydrogen-bond donors (Lipinski definition) is 1. The van der Waals surface area contributed by atoms with Gasteiger partial charge in [0.1, 0.15) is 0 Å². The van der Waals surface area contributed by atoms with E-state index in [1.165, 1.54) is 39.1 Å². The minimum absolute atomic E-state index is 0.107. The molecule has 4 aromatic carbocycles. The molecule has 0 radical (unpaired) electrons. The van der Waals surface area contributed by atoms with Gasteiger partial charge in [-0.3, -0.25) is 0 Å². The number of para-hydroxylation sites is 1. The molecule has 2 aliphatic rings. The second-order valence-corrected chi connectivity index (χ2v) is 21.8. The van der Waals surface area contributed by atoms with Gasteiger partial charge >= 0.3 is 0 Å². The highest BCUT2D eigenvalue weighted by Crippen LogP contribution is 2.42. The summed E-state index contributed by atoms with van der Waals surface area (Å²) < 4.78 is 2.62. The number of benzene rings is 4. The van der Waals surface area contributed by atoms with Crippen molar-refractivity contribution in [3.8, 4) is 11.1 Å². The Kier molecular flexibility index (Phi) is 23.6. The maximum absolute atomic E-state index is 4.56. The highest BCUT2D eigenvalue weighted by Gasteiger charge is 2.30. The maximum atomic E-state index is 4.56. The monoisotopic (exact) mass is 1110 g/mol. The van der Waals surface area contributed by atoms with E-state index in [0.29, 0.717) is 18.4 Å². The Morgan fingerprint density at radius 3 is 2.23 bits per heavy atom. The van der Waals surface area contributed by atoms with Gasteiger partial charge in [-0.1, -0.05) is 186 Å². The first kappa shape index (κ1) is 62.8. The third kappa shape index (κ3) is 15.6. The molecule has 5 aromatic rings. The summed E-state index contributed by atoms with van der Waals surface area (Å²) in [4.78, 5) is 7.08. The molecular weight excluding hydrogens is 1020 g/mol. The molecular formula is C79H91N5. The summed E-state index contributed by atoms with van der Waals surface area (Å²) in [6.45, 7) is 44.1. The number of anilines is 4. The molecule has 84 heavy (non-hydrogen) atoms. The lowest BCUT2D eigenvalue weighted by atomic mass is 9.92. The molecule has 3 unspecified atom stereocenters. The molecule has 0 fully saturated rings. The predicted molar refractivity (Wildman–Crippen MR) is 371 cm³/mol. The largest absolute Gasteiger partial charge is 0.391 e. The van der Waals surface area contributed by atoms with Crippen LogP contribution in [-0.4, -0.2) is 17.2 Å². The Bertz CT molecular complexity index is 3470. The molecule has 432 valence electrons. The summed E-state index contributed by atoms with van der Waals surface area (Å²) in [6.07, 6.45) is 50.4. The predicted octanol–water partition coefficient (Wildman–Crippen LogP) is 21.5. The number of rotatable bonds is 29.